The highest BCUT2D eigenvalue weighted by Gasteiger charge is 2.49. The standard InChI is InChI=1S/C15H16N4O2S2/c20-13(12-10-23-17-16-12)18-5-2-15(3-6-18)4-7-19(14(15)21)11-1-8-22-9-11/h1,8-10H,2-7H2. The Labute approximate surface area is 141 Å². The van der Waals surface area contributed by atoms with Crippen LogP contribution in [0.5, 0.6) is 0 Å². The average Bonchev–Trinajstić information content (AvgIpc) is 3.31. The molecule has 6 nitrogen and oxygen atoms in total. The first-order valence-corrected chi connectivity index (χ1v) is 9.38. The molecule has 2 aliphatic rings. The molecule has 1 spiro atoms. The van der Waals surface area contributed by atoms with Crippen LogP contribution in [-0.2, 0) is 4.79 Å². The zero-order valence-corrected chi connectivity index (χ0v) is 14.1. The van der Waals surface area contributed by atoms with E-state index in [4.69, 9.17) is 0 Å². The molecule has 8 heteroatoms. The lowest BCUT2D eigenvalue weighted by Gasteiger charge is -2.37. The van der Waals surface area contributed by atoms with Crippen LogP contribution in [-0.4, -0.2) is 45.9 Å². The second kappa shape index (κ2) is 5.68. The van der Waals surface area contributed by atoms with E-state index in [1.807, 2.05) is 21.7 Å². The molecule has 2 amide bonds. The van der Waals surface area contributed by atoms with Crippen LogP contribution < -0.4 is 4.90 Å². The molecule has 2 aliphatic heterocycles. The molecule has 0 aliphatic carbocycles. The van der Waals surface area contributed by atoms with Gasteiger partial charge in [-0.15, -0.1) is 5.10 Å². The fourth-order valence-corrected chi connectivity index (χ4v) is 4.57. The lowest BCUT2D eigenvalue weighted by Crippen LogP contribution is -2.46. The van der Waals surface area contributed by atoms with Crippen molar-refractivity contribution in [3.05, 3.63) is 27.9 Å². The summed E-state index contributed by atoms with van der Waals surface area (Å²) in [5.74, 6) is 0.145. The molecule has 2 fully saturated rings. The van der Waals surface area contributed by atoms with E-state index in [9.17, 15) is 9.59 Å². The molecule has 120 valence electrons. The van der Waals surface area contributed by atoms with Gasteiger partial charge < -0.3 is 9.80 Å². The molecule has 0 unspecified atom stereocenters. The van der Waals surface area contributed by atoms with E-state index < -0.39 is 0 Å². The molecule has 0 atom stereocenters. The zero-order valence-electron chi connectivity index (χ0n) is 12.5. The maximum Gasteiger partial charge on any atom is 0.275 e. The van der Waals surface area contributed by atoms with E-state index in [0.29, 0.717) is 18.8 Å². The van der Waals surface area contributed by atoms with Gasteiger partial charge in [0.05, 0.1) is 11.1 Å². The number of aromatic nitrogens is 2. The summed E-state index contributed by atoms with van der Waals surface area (Å²) in [5, 5.41) is 9.53. The molecule has 4 heterocycles. The smallest absolute Gasteiger partial charge is 0.275 e. The fourth-order valence-electron chi connectivity index (χ4n) is 3.50. The van der Waals surface area contributed by atoms with Gasteiger partial charge in [0, 0.05) is 30.4 Å². The minimum atomic E-state index is -0.293. The molecule has 2 aromatic rings. The van der Waals surface area contributed by atoms with Gasteiger partial charge in [-0.2, -0.15) is 11.3 Å². The number of hydrogen-bond donors (Lipinski definition) is 0. The lowest BCUT2D eigenvalue weighted by molar-refractivity contribution is -0.127. The maximum absolute atomic E-state index is 12.9. The van der Waals surface area contributed by atoms with Crippen molar-refractivity contribution in [1.82, 2.24) is 14.5 Å². The first kappa shape index (κ1) is 14.8. The molecule has 0 bridgehead atoms. The van der Waals surface area contributed by atoms with E-state index in [1.165, 1.54) is 11.5 Å². The van der Waals surface area contributed by atoms with Gasteiger partial charge >= 0.3 is 0 Å². The van der Waals surface area contributed by atoms with Crippen LogP contribution in [0.3, 0.4) is 0 Å². The van der Waals surface area contributed by atoms with Gasteiger partial charge in [-0.25, -0.2) is 0 Å². The van der Waals surface area contributed by atoms with Gasteiger partial charge in [0.25, 0.3) is 5.91 Å². The Hall–Kier alpha value is -1.80. The summed E-state index contributed by atoms with van der Waals surface area (Å²) in [7, 11) is 0. The Bertz CT molecular complexity index is 706. The first-order chi connectivity index (χ1) is 11.2. The van der Waals surface area contributed by atoms with Crippen LogP contribution in [0.15, 0.2) is 22.2 Å². The van der Waals surface area contributed by atoms with Crippen LogP contribution in [0.2, 0.25) is 0 Å². The predicted molar refractivity (Wildman–Crippen MR) is 88.8 cm³/mol. The molecule has 2 saturated heterocycles. The summed E-state index contributed by atoms with van der Waals surface area (Å²) in [5.41, 5.74) is 1.12. The number of carbonyl (C=O) groups excluding carboxylic acids is 2. The van der Waals surface area contributed by atoms with Crippen molar-refractivity contribution in [3.63, 3.8) is 0 Å². The van der Waals surface area contributed by atoms with Gasteiger partial charge in [0.15, 0.2) is 5.69 Å². The number of rotatable bonds is 2. The van der Waals surface area contributed by atoms with Crippen LogP contribution >= 0.6 is 22.9 Å². The van der Waals surface area contributed by atoms with Crippen LogP contribution in [0, 0.1) is 5.41 Å². The first-order valence-electron chi connectivity index (χ1n) is 7.60. The van der Waals surface area contributed by atoms with E-state index in [2.05, 4.69) is 9.59 Å². The van der Waals surface area contributed by atoms with E-state index in [-0.39, 0.29) is 17.2 Å². The number of nitrogens with zero attached hydrogens (tertiary/aromatic N) is 4. The summed E-state index contributed by atoms with van der Waals surface area (Å²) < 4.78 is 3.74. The Kier molecular flexibility index (Phi) is 3.65. The molecular formula is C15H16N4O2S2. The second-order valence-electron chi connectivity index (χ2n) is 6.05. The van der Waals surface area contributed by atoms with Gasteiger partial charge in [-0.3, -0.25) is 9.59 Å². The highest BCUT2D eigenvalue weighted by molar-refractivity contribution is 7.08. The third-order valence-corrected chi connectivity index (χ3v) is 6.09. The monoisotopic (exact) mass is 348 g/mol. The minimum Gasteiger partial charge on any atom is -0.337 e. The van der Waals surface area contributed by atoms with Crippen molar-refractivity contribution in [3.8, 4) is 0 Å². The second-order valence-corrected chi connectivity index (χ2v) is 7.44. The van der Waals surface area contributed by atoms with Crippen molar-refractivity contribution in [2.24, 2.45) is 5.41 Å². The van der Waals surface area contributed by atoms with Gasteiger partial charge in [-0.1, -0.05) is 4.49 Å². The van der Waals surface area contributed by atoms with E-state index in [0.717, 1.165) is 31.5 Å². The highest BCUT2D eigenvalue weighted by Crippen LogP contribution is 2.43. The fraction of sp³-hybridized carbons (Fsp3) is 0.467. The largest absolute Gasteiger partial charge is 0.337 e. The lowest BCUT2D eigenvalue weighted by atomic mass is 9.77. The van der Waals surface area contributed by atoms with Crippen LogP contribution in [0.1, 0.15) is 29.8 Å². The van der Waals surface area contributed by atoms with Crippen molar-refractivity contribution < 1.29 is 9.59 Å². The Morgan fingerprint density at radius 2 is 1.96 bits per heavy atom. The third-order valence-electron chi connectivity index (χ3n) is 4.92. The molecule has 4 rings (SSSR count). The topological polar surface area (TPSA) is 66.4 Å². The quantitative estimate of drug-likeness (QED) is 0.835. The summed E-state index contributed by atoms with van der Waals surface area (Å²) in [6.07, 6.45) is 2.34. The van der Waals surface area contributed by atoms with Crippen molar-refractivity contribution >= 4 is 40.4 Å². The van der Waals surface area contributed by atoms with Crippen molar-refractivity contribution in [1.29, 1.82) is 0 Å². The molecule has 0 radical (unpaired) electrons. The molecule has 0 N–H and O–H groups in total. The van der Waals surface area contributed by atoms with Crippen LogP contribution in [0.4, 0.5) is 5.69 Å². The number of likely N-dealkylation sites (tertiary alicyclic amines) is 1. The Morgan fingerprint density at radius 3 is 2.61 bits per heavy atom. The number of hydrogen-bond acceptors (Lipinski definition) is 6. The molecule has 2 aromatic heterocycles. The average molecular weight is 348 g/mol. The summed E-state index contributed by atoms with van der Waals surface area (Å²) >= 11 is 2.79. The number of anilines is 1. The van der Waals surface area contributed by atoms with Crippen LogP contribution in [0.25, 0.3) is 0 Å². The molecule has 0 saturated carbocycles. The molecular weight excluding hydrogens is 332 g/mol. The number of carbonyl (C=O) groups is 2. The zero-order chi connectivity index (χ0) is 15.9. The Balaban J connectivity index is 1.45. The summed E-state index contributed by atoms with van der Waals surface area (Å²) in [6, 6.07) is 2.00. The van der Waals surface area contributed by atoms with Gasteiger partial charge in [0.1, 0.15) is 0 Å². The Morgan fingerprint density at radius 1 is 1.17 bits per heavy atom. The normalized spacial score (nSPS) is 20.4. The number of piperidine rings is 1. The SMILES string of the molecule is O=C(c1csnn1)N1CCC2(CC1)CCN(c1ccsc1)C2=O. The third kappa shape index (κ3) is 2.46. The number of thiophene rings is 1. The molecule has 0 aromatic carbocycles. The van der Waals surface area contributed by atoms with Gasteiger partial charge in [0.2, 0.25) is 5.91 Å². The van der Waals surface area contributed by atoms with Crippen molar-refractivity contribution in [2.75, 3.05) is 24.5 Å². The van der Waals surface area contributed by atoms with Gasteiger partial charge in [-0.05, 0) is 42.2 Å². The summed E-state index contributed by atoms with van der Waals surface area (Å²) in [4.78, 5) is 28.9. The summed E-state index contributed by atoms with van der Waals surface area (Å²) in [6.45, 7) is 2.00. The van der Waals surface area contributed by atoms with Crippen molar-refractivity contribution in [2.45, 2.75) is 19.3 Å². The highest BCUT2D eigenvalue weighted by atomic mass is 32.1. The molecule has 23 heavy (non-hydrogen) atoms. The predicted octanol–water partition coefficient (Wildman–Crippen LogP) is 2.26. The maximum atomic E-state index is 12.9. The van der Waals surface area contributed by atoms with E-state index in [1.54, 1.807) is 21.6 Å². The minimum absolute atomic E-state index is 0.0752. The number of amides is 2. The van der Waals surface area contributed by atoms with E-state index >= 15 is 0 Å².